The minimum Gasteiger partial charge on any atom is -0.497 e. The number of pyridine rings is 1. The summed E-state index contributed by atoms with van der Waals surface area (Å²) in [5.41, 5.74) is 0.349. The van der Waals surface area contributed by atoms with Crippen LogP contribution in [0.4, 0.5) is 0 Å². The zero-order valence-corrected chi connectivity index (χ0v) is 14.8. The highest BCUT2D eigenvalue weighted by Crippen LogP contribution is 2.40. The minimum absolute atomic E-state index is 0.00872. The number of aromatic nitrogens is 1. The minimum atomic E-state index is -0.288. The molecule has 2 aromatic rings. The third-order valence-electron chi connectivity index (χ3n) is 5.19. The fourth-order valence-electron chi connectivity index (χ4n) is 3.67. The van der Waals surface area contributed by atoms with Gasteiger partial charge in [0, 0.05) is 30.4 Å². The Morgan fingerprint density at radius 3 is 2.96 bits per heavy atom. The zero-order chi connectivity index (χ0) is 18.0. The topological polar surface area (TPSA) is 60.9 Å². The van der Waals surface area contributed by atoms with Crippen LogP contribution in [0.25, 0.3) is 0 Å². The first-order chi connectivity index (χ1) is 12.7. The third kappa shape index (κ3) is 3.12. The maximum Gasteiger partial charge on any atom is 0.254 e. The lowest BCUT2D eigenvalue weighted by molar-refractivity contribution is -0.122. The van der Waals surface area contributed by atoms with Crippen LogP contribution >= 0.6 is 0 Å². The molecule has 136 valence electrons. The Labute approximate surface area is 152 Å². The Bertz CT molecular complexity index is 774. The lowest BCUT2D eigenvalue weighted by atomic mass is 9.81. The molecular formula is C20H22N2O4. The van der Waals surface area contributed by atoms with Gasteiger partial charge < -0.3 is 19.1 Å². The molecule has 1 spiro atoms. The van der Waals surface area contributed by atoms with Crippen molar-refractivity contribution in [1.29, 1.82) is 0 Å². The molecule has 4 rings (SSSR count). The molecule has 1 aromatic heterocycles. The fourth-order valence-corrected chi connectivity index (χ4v) is 3.67. The van der Waals surface area contributed by atoms with E-state index in [1.165, 1.54) is 0 Å². The molecule has 1 aromatic carbocycles. The lowest BCUT2D eigenvalue weighted by Crippen LogP contribution is -2.66. The van der Waals surface area contributed by atoms with Gasteiger partial charge in [0.2, 0.25) is 5.88 Å². The van der Waals surface area contributed by atoms with Gasteiger partial charge in [0.1, 0.15) is 11.4 Å². The summed E-state index contributed by atoms with van der Waals surface area (Å²) in [6.07, 6.45) is 2.65. The first kappa shape index (κ1) is 16.8. The molecule has 2 aliphatic heterocycles. The Balaban J connectivity index is 1.37. The maximum absolute atomic E-state index is 12.7. The fraction of sp³-hybridized carbons (Fsp3) is 0.400. The molecular weight excluding hydrogens is 332 g/mol. The van der Waals surface area contributed by atoms with Gasteiger partial charge in [-0.25, -0.2) is 4.98 Å². The summed E-state index contributed by atoms with van der Waals surface area (Å²) < 4.78 is 17.0. The molecule has 2 saturated heterocycles. The molecule has 0 N–H and O–H groups in total. The van der Waals surface area contributed by atoms with Crippen molar-refractivity contribution in [2.24, 2.45) is 5.92 Å². The Morgan fingerprint density at radius 1 is 1.31 bits per heavy atom. The Hall–Kier alpha value is -2.60. The van der Waals surface area contributed by atoms with Crippen LogP contribution in [-0.4, -0.2) is 54.8 Å². The summed E-state index contributed by atoms with van der Waals surface area (Å²) in [5.74, 6) is 1.58. The molecule has 0 saturated carbocycles. The van der Waals surface area contributed by atoms with E-state index in [1.54, 1.807) is 19.4 Å². The number of carbonyl (C=O) groups is 1. The van der Waals surface area contributed by atoms with Crippen LogP contribution < -0.4 is 9.47 Å². The van der Waals surface area contributed by atoms with E-state index in [-0.39, 0.29) is 17.4 Å². The average Bonchev–Trinajstić information content (AvgIpc) is 3.09. The molecule has 0 bridgehead atoms. The number of amides is 1. The molecule has 0 radical (unpaired) electrons. The van der Waals surface area contributed by atoms with Crippen LogP contribution in [0.5, 0.6) is 11.6 Å². The lowest BCUT2D eigenvalue weighted by Gasteiger charge is -2.50. The number of nitrogens with zero attached hydrogens (tertiary/aromatic N) is 2. The number of likely N-dealkylation sites (tertiary alicyclic amines) is 1. The first-order valence-electron chi connectivity index (χ1n) is 8.81. The van der Waals surface area contributed by atoms with Gasteiger partial charge in [-0.15, -0.1) is 0 Å². The van der Waals surface area contributed by atoms with E-state index in [4.69, 9.17) is 14.2 Å². The van der Waals surface area contributed by atoms with Crippen LogP contribution in [0.15, 0.2) is 48.7 Å². The molecule has 3 heterocycles. The number of hydrogen-bond donors (Lipinski definition) is 0. The van der Waals surface area contributed by atoms with Gasteiger partial charge in [-0.2, -0.15) is 0 Å². The van der Waals surface area contributed by atoms with Crippen molar-refractivity contribution >= 4 is 5.91 Å². The number of carbonyl (C=O) groups excluding carboxylic acids is 1. The van der Waals surface area contributed by atoms with Crippen LogP contribution in [0.1, 0.15) is 16.8 Å². The summed E-state index contributed by atoms with van der Waals surface area (Å²) in [4.78, 5) is 18.7. The third-order valence-corrected chi connectivity index (χ3v) is 5.19. The summed E-state index contributed by atoms with van der Waals surface area (Å²) in [7, 11) is 1.60. The van der Waals surface area contributed by atoms with E-state index >= 15 is 0 Å². The molecule has 0 unspecified atom stereocenters. The summed E-state index contributed by atoms with van der Waals surface area (Å²) in [6.45, 7) is 2.45. The van der Waals surface area contributed by atoms with Crippen molar-refractivity contribution in [2.45, 2.75) is 12.0 Å². The molecule has 0 aliphatic carbocycles. The predicted molar refractivity (Wildman–Crippen MR) is 95.4 cm³/mol. The van der Waals surface area contributed by atoms with E-state index in [0.29, 0.717) is 43.5 Å². The van der Waals surface area contributed by atoms with Gasteiger partial charge in [0.05, 0.1) is 26.8 Å². The van der Waals surface area contributed by atoms with Crippen molar-refractivity contribution in [3.8, 4) is 11.6 Å². The second kappa shape index (κ2) is 6.96. The highest BCUT2D eigenvalue weighted by molar-refractivity contribution is 5.95. The molecule has 6 heteroatoms. The predicted octanol–water partition coefficient (Wildman–Crippen LogP) is 2.40. The second-order valence-electron chi connectivity index (χ2n) is 6.77. The number of benzene rings is 1. The van der Waals surface area contributed by atoms with E-state index in [1.807, 2.05) is 41.3 Å². The average molecular weight is 354 g/mol. The van der Waals surface area contributed by atoms with Crippen LogP contribution in [0.3, 0.4) is 0 Å². The van der Waals surface area contributed by atoms with Crippen molar-refractivity contribution in [2.75, 3.05) is 33.4 Å². The van der Waals surface area contributed by atoms with Gasteiger partial charge in [0.15, 0.2) is 0 Å². The van der Waals surface area contributed by atoms with Crippen molar-refractivity contribution < 1.29 is 19.0 Å². The molecule has 26 heavy (non-hydrogen) atoms. The molecule has 6 nitrogen and oxygen atoms in total. The van der Waals surface area contributed by atoms with E-state index in [0.717, 1.165) is 6.42 Å². The summed E-state index contributed by atoms with van der Waals surface area (Å²) in [6, 6.07) is 12.9. The molecule has 2 aliphatic rings. The largest absolute Gasteiger partial charge is 0.497 e. The van der Waals surface area contributed by atoms with Crippen LogP contribution in [0.2, 0.25) is 0 Å². The van der Waals surface area contributed by atoms with Gasteiger partial charge in [-0.1, -0.05) is 12.1 Å². The van der Waals surface area contributed by atoms with E-state index in [9.17, 15) is 4.79 Å². The standard InChI is InChI=1S/C20H22N2O4/c1-24-17-6-4-5-15(11-17)19(23)22-13-20(14-22)16(8-10-26-20)12-25-18-7-2-3-9-21-18/h2-7,9,11,16H,8,10,12-14H2,1H3/t16-/m1/s1. The smallest absolute Gasteiger partial charge is 0.254 e. The van der Waals surface area contributed by atoms with Crippen molar-refractivity contribution in [3.05, 3.63) is 54.2 Å². The monoisotopic (exact) mass is 354 g/mol. The van der Waals surface area contributed by atoms with Gasteiger partial charge in [-0.05, 0) is 30.7 Å². The van der Waals surface area contributed by atoms with E-state index in [2.05, 4.69) is 4.98 Å². The number of rotatable bonds is 5. The van der Waals surface area contributed by atoms with Crippen molar-refractivity contribution in [3.63, 3.8) is 0 Å². The van der Waals surface area contributed by atoms with Crippen molar-refractivity contribution in [1.82, 2.24) is 9.88 Å². The van der Waals surface area contributed by atoms with Crippen LogP contribution in [0, 0.1) is 5.92 Å². The highest BCUT2D eigenvalue weighted by atomic mass is 16.5. The number of methoxy groups -OCH3 is 1. The van der Waals surface area contributed by atoms with E-state index < -0.39 is 0 Å². The number of ether oxygens (including phenoxy) is 3. The first-order valence-corrected chi connectivity index (χ1v) is 8.81. The Kier molecular flexibility index (Phi) is 4.51. The Morgan fingerprint density at radius 2 is 2.19 bits per heavy atom. The molecule has 2 fully saturated rings. The SMILES string of the molecule is COc1cccc(C(=O)N2CC3(C2)OCC[C@@H]3COc2ccccn2)c1. The van der Waals surface area contributed by atoms with Gasteiger partial charge in [-0.3, -0.25) is 4.79 Å². The quantitative estimate of drug-likeness (QED) is 0.825. The highest BCUT2D eigenvalue weighted by Gasteiger charge is 2.54. The van der Waals surface area contributed by atoms with Crippen LogP contribution in [-0.2, 0) is 4.74 Å². The number of hydrogen-bond acceptors (Lipinski definition) is 5. The van der Waals surface area contributed by atoms with Gasteiger partial charge in [0.25, 0.3) is 5.91 Å². The zero-order valence-electron chi connectivity index (χ0n) is 14.8. The summed E-state index contributed by atoms with van der Waals surface area (Å²) in [5, 5.41) is 0. The normalized spacial score (nSPS) is 20.7. The molecule has 1 atom stereocenters. The summed E-state index contributed by atoms with van der Waals surface area (Å²) >= 11 is 0. The van der Waals surface area contributed by atoms with Gasteiger partial charge >= 0.3 is 0 Å². The second-order valence-corrected chi connectivity index (χ2v) is 6.77. The maximum atomic E-state index is 12.7. The molecule has 1 amide bonds.